The second kappa shape index (κ2) is 8.15. The van der Waals surface area contributed by atoms with E-state index in [1.165, 1.54) is 22.2 Å². The summed E-state index contributed by atoms with van der Waals surface area (Å²) in [6.45, 7) is 11.5. The normalized spacial score (nSPS) is 25.8. The van der Waals surface area contributed by atoms with Gasteiger partial charge in [0.1, 0.15) is 6.29 Å². The van der Waals surface area contributed by atoms with Gasteiger partial charge in [-0.1, -0.05) is 32.0 Å². The number of hydrogen-bond acceptors (Lipinski definition) is 3. The lowest BCUT2D eigenvalue weighted by Gasteiger charge is -2.32. The molecule has 1 saturated heterocycles. The number of carbonyl (C=O) groups excluding carboxylic acids is 1. The van der Waals surface area contributed by atoms with E-state index >= 15 is 0 Å². The lowest BCUT2D eigenvalue weighted by atomic mass is 9.72. The van der Waals surface area contributed by atoms with Crippen molar-refractivity contribution in [3.05, 3.63) is 35.5 Å². The molecule has 0 spiro atoms. The van der Waals surface area contributed by atoms with Gasteiger partial charge in [0, 0.05) is 42.1 Å². The van der Waals surface area contributed by atoms with E-state index in [0.717, 1.165) is 45.6 Å². The maximum atomic E-state index is 11.6. The number of nitrogens with zero attached hydrogens (tertiary/aromatic N) is 1. The van der Waals surface area contributed by atoms with Gasteiger partial charge in [-0.15, -0.1) is 0 Å². The molecule has 4 rings (SSSR count). The van der Waals surface area contributed by atoms with Crippen molar-refractivity contribution in [3.8, 4) is 0 Å². The molecule has 1 fully saturated rings. The molecule has 1 aliphatic carbocycles. The second-order valence-electron chi connectivity index (χ2n) is 7.19. The molecular weight excluding hydrogens is 312 g/mol. The van der Waals surface area contributed by atoms with Crippen LogP contribution in [0, 0.1) is 11.8 Å². The Bertz CT molecular complexity index is 706. The standard InChI is InChI=1S/C17H21NO.C4H9NO/c1-4-18-15-8-6-5-7-13(15)17-14(10-19)12(3)11(2)9-16(17)18;1-3-6-4-2-5-1/h5-8,10-12,14H,4,9H2,1-3H3;5H,1-4H2. The predicted octanol–water partition coefficient (Wildman–Crippen LogP) is 3.38. The van der Waals surface area contributed by atoms with E-state index in [4.69, 9.17) is 4.74 Å². The number of rotatable bonds is 2. The first-order chi connectivity index (χ1) is 12.2. The summed E-state index contributed by atoms with van der Waals surface area (Å²) in [6, 6.07) is 8.50. The number of aromatic nitrogens is 1. The smallest absolute Gasteiger partial charge is 0.127 e. The zero-order chi connectivity index (χ0) is 17.8. The summed E-state index contributed by atoms with van der Waals surface area (Å²) in [5, 5.41) is 4.43. The van der Waals surface area contributed by atoms with Crippen LogP contribution in [0.1, 0.15) is 37.9 Å². The van der Waals surface area contributed by atoms with E-state index in [-0.39, 0.29) is 5.92 Å². The number of benzene rings is 1. The Morgan fingerprint density at radius 3 is 2.52 bits per heavy atom. The van der Waals surface area contributed by atoms with Gasteiger partial charge >= 0.3 is 0 Å². The second-order valence-corrected chi connectivity index (χ2v) is 7.19. The molecule has 1 aromatic heterocycles. The molecule has 3 unspecified atom stereocenters. The SMILES string of the molecule is C1COCCN1.CCn1c2c(c3ccccc31)C(C=O)C(C)C(C)C2. The van der Waals surface area contributed by atoms with Crippen molar-refractivity contribution in [1.82, 2.24) is 9.88 Å². The number of hydrogen-bond donors (Lipinski definition) is 1. The van der Waals surface area contributed by atoms with Gasteiger partial charge in [-0.2, -0.15) is 0 Å². The summed E-state index contributed by atoms with van der Waals surface area (Å²) >= 11 is 0. The average molecular weight is 342 g/mol. The fourth-order valence-corrected chi connectivity index (χ4v) is 4.15. The zero-order valence-electron chi connectivity index (χ0n) is 15.6. The monoisotopic (exact) mass is 342 g/mol. The zero-order valence-corrected chi connectivity index (χ0v) is 15.6. The summed E-state index contributed by atoms with van der Waals surface area (Å²) < 4.78 is 7.40. The first-order valence-electron chi connectivity index (χ1n) is 9.52. The van der Waals surface area contributed by atoms with Crippen molar-refractivity contribution in [2.24, 2.45) is 11.8 Å². The third kappa shape index (κ3) is 3.51. The largest absolute Gasteiger partial charge is 0.379 e. The number of aryl methyl sites for hydroxylation is 1. The Balaban J connectivity index is 0.000000258. The van der Waals surface area contributed by atoms with Gasteiger partial charge in [0.25, 0.3) is 0 Å². The molecule has 2 aromatic rings. The van der Waals surface area contributed by atoms with Crippen molar-refractivity contribution < 1.29 is 9.53 Å². The van der Waals surface area contributed by atoms with Gasteiger partial charge in [0.15, 0.2) is 0 Å². The van der Waals surface area contributed by atoms with Crippen molar-refractivity contribution in [2.45, 2.75) is 39.7 Å². The van der Waals surface area contributed by atoms with Crippen LogP contribution in [-0.4, -0.2) is 37.2 Å². The molecule has 2 heterocycles. The summed E-state index contributed by atoms with van der Waals surface area (Å²) in [6.07, 6.45) is 2.24. The summed E-state index contributed by atoms with van der Waals surface area (Å²) in [7, 11) is 0. The van der Waals surface area contributed by atoms with Crippen molar-refractivity contribution in [1.29, 1.82) is 0 Å². The number of fused-ring (bicyclic) bond motifs is 3. The molecule has 0 radical (unpaired) electrons. The predicted molar refractivity (Wildman–Crippen MR) is 102 cm³/mol. The maximum absolute atomic E-state index is 11.6. The fourth-order valence-electron chi connectivity index (χ4n) is 4.15. The summed E-state index contributed by atoms with van der Waals surface area (Å²) in [5.41, 5.74) is 3.95. The van der Waals surface area contributed by atoms with Gasteiger partial charge in [0.05, 0.1) is 13.2 Å². The molecule has 0 saturated carbocycles. The highest BCUT2D eigenvalue weighted by atomic mass is 16.5. The minimum Gasteiger partial charge on any atom is -0.379 e. The lowest BCUT2D eigenvalue weighted by molar-refractivity contribution is -0.110. The molecule has 0 amide bonds. The number of morpholine rings is 1. The van der Waals surface area contributed by atoms with Crippen LogP contribution in [0.3, 0.4) is 0 Å². The van der Waals surface area contributed by atoms with E-state index in [1.807, 2.05) is 0 Å². The van der Waals surface area contributed by atoms with Gasteiger partial charge in [-0.05, 0) is 36.8 Å². The van der Waals surface area contributed by atoms with Crippen LogP contribution < -0.4 is 5.32 Å². The van der Waals surface area contributed by atoms with Crippen LogP contribution in [0.4, 0.5) is 0 Å². The third-order valence-corrected chi connectivity index (χ3v) is 5.74. The number of carbonyl (C=O) groups is 1. The number of ether oxygens (including phenoxy) is 1. The van der Waals surface area contributed by atoms with E-state index in [1.54, 1.807) is 0 Å². The fraction of sp³-hybridized carbons (Fsp3) is 0.571. The molecule has 25 heavy (non-hydrogen) atoms. The quantitative estimate of drug-likeness (QED) is 0.851. The number of aldehydes is 1. The summed E-state index contributed by atoms with van der Waals surface area (Å²) in [4.78, 5) is 11.6. The van der Waals surface area contributed by atoms with E-state index in [2.05, 4.69) is 54.9 Å². The average Bonchev–Trinajstić information content (AvgIpc) is 2.98. The van der Waals surface area contributed by atoms with E-state index in [9.17, 15) is 4.79 Å². The van der Waals surface area contributed by atoms with Crippen LogP contribution in [0.15, 0.2) is 24.3 Å². The highest BCUT2D eigenvalue weighted by molar-refractivity contribution is 5.89. The third-order valence-electron chi connectivity index (χ3n) is 5.74. The molecule has 0 bridgehead atoms. The number of nitrogens with one attached hydrogen (secondary N) is 1. The van der Waals surface area contributed by atoms with Crippen molar-refractivity contribution >= 4 is 17.2 Å². The minimum absolute atomic E-state index is 0.0523. The van der Waals surface area contributed by atoms with E-state index in [0.29, 0.717) is 11.8 Å². The van der Waals surface area contributed by atoms with Gasteiger partial charge in [-0.25, -0.2) is 0 Å². The lowest BCUT2D eigenvalue weighted by Crippen LogP contribution is -2.30. The van der Waals surface area contributed by atoms with Crippen LogP contribution in [-0.2, 0) is 22.5 Å². The maximum Gasteiger partial charge on any atom is 0.127 e. The molecule has 1 N–H and O–H groups in total. The highest BCUT2D eigenvalue weighted by Crippen LogP contribution is 2.43. The Hall–Kier alpha value is -1.65. The Morgan fingerprint density at radius 2 is 1.96 bits per heavy atom. The first-order valence-corrected chi connectivity index (χ1v) is 9.52. The van der Waals surface area contributed by atoms with Gasteiger partial charge in [0.2, 0.25) is 0 Å². The van der Waals surface area contributed by atoms with Gasteiger partial charge < -0.3 is 19.4 Å². The van der Waals surface area contributed by atoms with Crippen molar-refractivity contribution in [2.75, 3.05) is 26.3 Å². The minimum atomic E-state index is 0.0523. The molecule has 136 valence electrons. The number of para-hydroxylation sites is 1. The first kappa shape index (κ1) is 18.2. The Labute approximate surface area is 150 Å². The molecule has 1 aliphatic heterocycles. The topological polar surface area (TPSA) is 43.3 Å². The molecule has 3 atom stereocenters. The van der Waals surface area contributed by atoms with Crippen molar-refractivity contribution in [3.63, 3.8) is 0 Å². The van der Waals surface area contributed by atoms with E-state index < -0.39 is 0 Å². The molecule has 2 aliphatic rings. The molecule has 4 heteroatoms. The summed E-state index contributed by atoms with van der Waals surface area (Å²) in [5.74, 6) is 1.05. The van der Waals surface area contributed by atoms with Crippen LogP contribution >= 0.6 is 0 Å². The molecule has 4 nitrogen and oxygen atoms in total. The van der Waals surface area contributed by atoms with Crippen LogP contribution in [0.25, 0.3) is 10.9 Å². The van der Waals surface area contributed by atoms with Gasteiger partial charge in [-0.3, -0.25) is 0 Å². The molecular formula is C21H30N2O2. The Kier molecular flexibility index (Phi) is 5.92. The molecule has 1 aromatic carbocycles. The van der Waals surface area contributed by atoms with Crippen LogP contribution in [0.2, 0.25) is 0 Å². The Morgan fingerprint density at radius 1 is 1.24 bits per heavy atom. The highest BCUT2D eigenvalue weighted by Gasteiger charge is 2.35. The van der Waals surface area contributed by atoms with Crippen LogP contribution in [0.5, 0.6) is 0 Å².